The molecule has 2 saturated heterocycles. The molecular formula is C21H37NO7. The van der Waals surface area contributed by atoms with Crippen LogP contribution in [0.4, 0.5) is 0 Å². The predicted octanol–water partition coefficient (Wildman–Crippen LogP) is 0.303. The monoisotopic (exact) mass is 415 g/mol. The summed E-state index contributed by atoms with van der Waals surface area (Å²) in [7, 11) is 0. The first-order chi connectivity index (χ1) is 13.3. The van der Waals surface area contributed by atoms with Gasteiger partial charge in [0.05, 0.1) is 24.7 Å². The van der Waals surface area contributed by atoms with Gasteiger partial charge >= 0.3 is 0 Å². The first kappa shape index (κ1) is 23.1. The Bertz CT molecular complexity index is 622. The van der Waals surface area contributed by atoms with E-state index in [0.717, 1.165) is 19.3 Å². The van der Waals surface area contributed by atoms with Crippen molar-refractivity contribution < 1.29 is 34.7 Å². The van der Waals surface area contributed by atoms with E-state index >= 15 is 0 Å². The molecule has 0 aromatic carbocycles. The fourth-order valence-electron chi connectivity index (χ4n) is 5.46. The highest BCUT2D eigenvalue weighted by atomic mass is 16.7. The largest absolute Gasteiger partial charge is 0.396 e. The lowest BCUT2D eigenvalue weighted by molar-refractivity contribution is -0.369. The maximum absolute atomic E-state index is 12.2. The highest BCUT2D eigenvalue weighted by Crippen LogP contribution is 2.52. The summed E-state index contributed by atoms with van der Waals surface area (Å²) in [6.45, 7) is 9.88. The van der Waals surface area contributed by atoms with Gasteiger partial charge in [-0.25, -0.2) is 0 Å². The van der Waals surface area contributed by atoms with Gasteiger partial charge in [-0.05, 0) is 45.4 Å². The van der Waals surface area contributed by atoms with Gasteiger partial charge in [0.15, 0.2) is 11.6 Å². The van der Waals surface area contributed by atoms with E-state index in [1.807, 2.05) is 0 Å². The number of rotatable bonds is 10. The molecule has 5 N–H and O–H groups in total. The van der Waals surface area contributed by atoms with Crippen molar-refractivity contribution in [1.82, 2.24) is 5.32 Å². The number of ether oxygens (including phenoxy) is 2. The van der Waals surface area contributed by atoms with Crippen molar-refractivity contribution in [2.24, 2.45) is 17.3 Å². The Labute approximate surface area is 172 Å². The second-order valence-corrected chi connectivity index (χ2v) is 10.5. The van der Waals surface area contributed by atoms with Crippen molar-refractivity contribution in [3.63, 3.8) is 0 Å². The van der Waals surface area contributed by atoms with Crippen LogP contribution in [0, 0.1) is 17.3 Å². The molecule has 8 nitrogen and oxygen atoms in total. The zero-order chi connectivity index (χ0) is 21.8. The lowest BCUT2D eigenvalue weighted by Crippen LogP contribution is -2.62. The predicted molar refractivity (Wildman–Crippen MR) is 105 cm³/mol. The van der Waals surface area contributed by atoms with Crippen LogP contribution in [0.5, 0.6) is 0 Å². The second-order valence-electron chi connectivity index (χ2n) is 10.5. The molecule has 168 valence electrons. The molecule has 3 aliphatic rings. The minimum absolute atomic E-state index is 0.0264. The zero-order valence-corrected chi connectivity index (χ0v) is 18.1. The van der Waals surface area contributed by atoms with E-state index in [-0.39, 0.29) is 23.3 Å². The number of carbonyl (C=O) groups is 1. The second kappa shape index (κ2) is 7.82. The molecule has 0 aromatic rings. The van der Waals surface area contributed by atoms with Gasteiger partial charge in [-0.1, -0.05) is 20.3 Å². The van der Waals surface area contributed by atoms with Crippen LogP contribution in [0.2, 0.25) is 0 Å². The summed E-state index contributed by atoms with van der Waals surface area (Å²) in [6, 6.07) is 0. The van der Waals surface area contributed by atoms with Crippen LogP contribution < -0.4 is 5.32 Å². The van der Waals surface area contributed by atoms with Gasteiger partial charge in [0, 0.05) is 5.54 Å². The third-order valence-corrected chi connectivity index (χ3v) is 6.66. The molecule has 0 spiro atoms. The van der Waals surface area contributed by atoms with E-state index in [2.05, 4.69) is 33.0 Å². The van der Waals surface area contributed by atoms with Crippen molar-refractivity contribution in [3.05, 3.63) is 0 Å². The molecule has 1 saturated carbocycles. The maximum Gasteiger partial charge on any atom is 0.186 e. The highest BCUT2D eigenvalue weighted by Gasteiger charge is 2.70. The van der Waals surface area contributed by atoms with Crippen molar-refractivity contribution >= 4 is 5.78 Å². The first-order valence-corrected chi connectivity index (χ1v) is 10.7. The third kappa shape index (κ3) is 4.54. The molecule has 8 unspecified atom stereocenters. The van der Waals surface area contributed by atoms with Gasteiger partial charge in [-0.3, -0.25) is 10.1 Å². The van der Waals surface area contributed by atoms with Crippen LogP contribution in [0.25, 0.3) is 0 Å². The van der Waals surface area contributed by atoms with E-state index < -0.39 is 48.3 Å². The van der Waals surface area contributed by atoms with Crippen LogP contribution in [-0.2, 0) is 14.3 Å². The molecule has 0 radical (unpaired) electrons. The summed E-state index contributed by atoms with van der Waals surface area (Å²) in [6.07, 6.45) is 0.741. The number of aliphatic hydroxyl groups is 4. The van der Waals surface area contributed by atoms with Crippen molar-refractivity contribution in [2.45, 2.75) is 102 Å². The standard InChI is InChI=1S/C21H37NO7/c1-11(24)17-18(28-17)22-20(4,5)10-19(2,3)8-6-7-13-14-16(26)15(25)12(9-23)21(14,27)29-13/h11-15,17-18,22-25,27H,6-10H2,1-5H3. The van der Waals surface area contributed by atoms with Gasteiger partial charge in [-0.2, -0.15) is 0 Å². The number of hydrogen-bond donors (Lipinski definition) is 5. The number of Topliss-reactive ketones (excluding diaryl/α,β-unsaturated/α-hetero) is 1. The van der Waals surface area contributed by atoms with Gasteiger partial charge in [0.25, 0.3) is 0 Å². The summed E-state index contributed by atoms with van der Waals surface area (Å²) < 4.78 is 11.0. The van der Waals surface area contributed by atoms with E-state index in [1.54, 1.807) is 6.92 Å². The molecule has 29 heavy (non-hydrogen) atoms. The summed E-state index contributed by atoms with van der Waals surface area (Å²) in [5, 5.41) is 42.8. The van der Waals surface area contributed by atoms with Crippen LogP contribution in [0.15, 0.2) is 0 Å². The number of hydrogen-bond acceptors (Lipinski definition) is 8. The number of ketones is 1. The summed E-state index contributed by atoms with van der Waals surface area (Å²) in [5.74, 6) is -3.86. The molecule has 2 heterocycles. The number of aliphatic hydroxyl groups excluding tert-OH is 3. The van der Waals surface area contributed by atoms with E-state index in [9.17, 15) is 25.2 Å². The molecule has 0 amide bonds. The van der Waals surface area contributed by atoms with E-state index in [4.69, 9.17) is 9.47 Å². The summed E-state index contributed by atoms with van der Waals surface area (Å²) in [5.41, 5.74) is -0.135. The molecule has 1 aliphatic carbocycles. The van der Waals surface area contributed by atoms with Crippen molar-refractivity contribution in [3.8, 4) is 0 Å². The minimum atomic E-state index is -1.72. The average Bonchev–Trinajstić information content (AvgIpc) is 3.28. The zero-order valence-electron chi connectivity index (χ0n) is 18.1. The Morgan fingerprint density at radius 1 is 1.28 bits per heavy atom. The molecule has 8 heteroatoms. The Morgan fingerprint density at radius 3 is 2.48 bits per heavy atom. The molecule has 0 aromatic heterocycles. The third-order valence-electron chi connectivity index (χ3n) is 6.66. The van der Waals surface area contributed by atoms with Gasteiger partial charge < -0.3 is 29.9 Å². The first-order valence-electron chi connectivity index (χ1n) is 10.7. The van der Waals surface area contributed by atoms with E-state index in [1.165, 1.54) is 0 Å². The van der Waals surface area contributed by atoms with Crippen LogP contribution >= 0.6 is 0 Å². The van der Waals surface area contributed by atoms with E-state index in [0.29, 0.717) is 6.42 Å². The summed E-state index contributed by atoms with van der Waals surface area (Å²) in [4.78, 5) is 12.2. The lowest BCUT2D eigenvalue weighted by atomic mass is 9.75. The molecular weight excluding hydrogens is 378 g/mol. The Kier molecular flexibility index (Phi) is 6.22. The van der Waals surface area contributed by atoms with Crippen LogP contribution in [0.1, 0.15) is 60.3 Å². The Balaban J connectivity index is 1.45. The van der Waals surface area contributed by atoms with Crippen LogP contribution in [-0.4, -0.2) is 74.8 Å². The van der Waals surface area contributed by atoms with Crippen molar-refractivity contribution in [2.75, 3.05) is 6.61 Å². The fraction of sp³-hybridized carbons (Fsp3) is 0.952. The van der Waals surface area contributed by atoms with Gasteiger partial charge in [0.2, 0.25) is 0 Å². The fourth-order valence-corrected chi connectivity index (χ4v) is 5.46. The molecule has 2 aliphatic heterocycles. The topological polar surface area (TPSA) is 132 Å². The average molecular weight is 416 g/mol. The SMILES string of the molecule is CC(O)C1OC1NC(C)(C)CC(C)(C)CCCC1OC2(O)C(CO)C(O)C(=O)C12. The normalized spacial score (nSPS) is 40.5. The Morgan fingerprint density at radius 2 is 1.93 bits per heavy atom. The smallest absolute Gasteiger partial charge is 0.186 e. The maximum atomic E-state index is 12.2. The number of epoxide rings is 1. The molecule has 3 rings (SSSR count). The number of fused-ring (bicyclic) bond motifs is 1. The lowest BCUT2D eigenvalue weighted by Gasteiger charge is -2.49. The van der Waals surface area contributed by atoms with Crippen LogP contribution in [0.3, 0.4) is 0 Å². The molecule has 3 fully saturated rings. The number of carbonyl (C=O) groups excluding carboxylic acids is 1. The van der Waals surface area contributed by atoms with Gasteiger partial charge in [-0.15, -0.1) is 0 Å². The minimum Gasteiger partial charge on any atom is -0.396 e. The van der Waals surface area contributed by atoms with Crippen molar-refractivity contribution in [1.29, 1.82) is 0 Å². The molecule has 0 bridgehead atoms. The Hall–Kier alpha value is -0.610. The quantitative estimate of drug-likeness (QED) is 0.322. The highest BCUT2D eigenvalue weighted by molar-refractivity contribution is 5.90. The summed E-state index contributed by atoms with van der Waals surface area (Å²) >= 11 is 0. The number of nitrogens with one attached hydrogen (secondary N) is 1. The van der Waals surface area contributed by atoms with Gasteiger partial charge in [0.1, 0.15) is 24.4 Å². The molecule has 8 atom stereocenters.